The molecule has 94 valence electrons. The van der Waals surface area contributed by atoms with Crippen molar-refractivity contribution < 1.29 is 9.94 Å². The van der Waals surface area contributed by atoms with Crippen molar-refractivity contribution in [3.05, 3.63) is 24.3 Å². The Morgan fingerprint density at radius 2 is 2.24 bits per heavy atom. The van der Waals surface area contributed by atoms with E-state index >= 15 is 0 Å². The lowest BCUT2D eigenvalue weighted by Crippen LogP contribution is -2.33. The average Bonchev–Trinajstić information content (AvgIpc) is 2.35. The van der Waals surface area contributed by atoms with E-state index in [1.54, 1.807) is 0 Å². The van der Waals surface area contributed by atoms with Crippen molar-refractivity contribution in [2.24, 2.45) is 10.9 Å². The zero-order valence-electron chi connectivity index (χ0n) is 10.4. The van der Waals surface area contributed by atoms with Crippen LogP contribution in [0.4, 0.5) is 5.69 Å². The fourth-order valence-corrected chi connectivity index (χ4v) is 1.42. The van der Waals surface area contributed by atoms with Crippen LogP contribution >= 0.6 is 0 Å². The largest absolute Gasteiger partial charge is 0.482 e. The molecule has 5 heteroatoms. The van der Waals surface area contributed by atoms with Crippen LogP contribution in [-0.2, 0) is 0 Å². The van der Waals surface area contributed by atoms with Gasteiger partial charge in [-0.2, -0.15) is 0 Å². The molecule has 1 unspecified atom stereocenters. The van der Waals surface area contributed by atoms with Gasteiger partial charge in [-0.25, -0.2) is 0 Å². The number of nitrogens with two attached hydrogens (primary N) is 1. The summed E-state index contributed by atoms with van der Waals surface area (Å²) in [7, 11) is 3.92. The van der Waals surface area contributed by atoms with Crippen molar-refractivity contribution in [2.75, 3.05) is 19.0 Å². The van der Waals surface area contributed by atoms with Gasteiger partial charge in [0.05, 0.1) is 0 Å². The van der Waals surface area contributed by atoms with Gasteiger partial charge in [0.1, 0.15) is 5.75 Å². The van der Waals surface area contributed by atoms with Gasteiger partial charge in [-0.05, 0) is 18.6 Å². The summed E-state index contributed by atoms with van der Waals surface area (Å²) < 4.78 is 5.66. The molecule has 0 aliphatic heterocycles. The van der Waals surface area contributed by atoms with Gasteiger partial charge >= 0.3 is 0 Å². The van der Waals surface area contributed by atoms with Crippen LogP contribution in [0.1, 0.15) is 13.3 Å². The van der Waals surface area contributed by atoms with Gasteiger partial charge in [-0.15, -0.1) is 0 Å². The van der Waals surface area contributed by atoms with E-state index < -0.39 is 6.10 Å². The Morgan fingerprint density at radius 3 is 2.76 bits per heavy atom. The summed E-state index contributed by atoms with van der Waals surface area (Å²) in [6.45, 7) is 1.92. The van der Waals surface area contributed by atoms with Crippen LogP contribution in [-0.4, -0.2) is 31.2 Å². The molecule has 1 aromatic carbocycles. The third-order valence-electron chi connectivity index (χ3n) is 2.43. The van der Waals surface area contributed by atoms with E-state index in [1.807, 2.05) is 50.2 Å². The third-order valence-corrected chi connectivity index (χ3v) is 2.43. The molecule has 0 fully saturated rings. The van der Waals surface area contributed by atoms with Gasteiger partial charge in [0.15, 0.2) is 11.9 Å². The van der Waals surface area contributed by atoms with E-state index in [-0.39, 0.29) is 5.84 Å². The lowest BCUT2D eigenvalue weighted by molar-refractivity contribution is 0.246. The lowest BCUT2D eigenvalue weighted by atomic mass is 10.2. The van der Waals surface area contributed by atoms with Gasteiger partial charge in [0.2, 0.25) is 0 Å². The molecular formula is C12H19N3O2. The Hall–Kier alpha value is -1.91. The second-order valence-electron chi connectivity index (χ2n) is 3.93. The highest BCUT2D eigenvalue weighted by Gasteiger charge is 2.13. The summed E-state index contributed by atoms with van der Waals surface area (Å²) in [6.07, 6.45) is 0.236. The van der Waals surface area contributed by atoms with Gasteiger partial charge in [-0.3, -0.25) is 0 Å². The number of benzene rings is 1. The predicted molar refractivity (Wildman–Crippen MR) is 68.9 cm³/mol. The quantitative estimate of drug-likeness (QED) is 0.353. The molecule has 0 aliphatic rings. The second kappa shape index (κ2) is 5.98. The predicted octanol–water partition coefficient (Wildman–Crippen LogP) is 1.66. The van der Waals surface area contributed by atoms with Crippen LogP contribution in [0.15, 0.2) is 29.4 Å². The minimum atomic E-state index is -0.405. The summed E-state index contributed by atoms with van der Waals surface area (Å²) in [6, 6.07) is 7.65. The first kappa shape index (κ1) is 13.2. The summed E-state index contributed by atoms with van der Waals surface area (Å²) in [5.41, 5.74) is 6.58. The maximum Gasteiger partial charge on any atom is 0.180 e. The van der Waals surface area contributed by atoms with Crippen LogP contribution in [0, 0.1) is 0 Å². The molecule has 0 heterocycles. The van der Waals surface area contributed by atoms with Crippen molar-refractivity contribution >= 4 is 11.5 Å². The molecule has 0 amide bonds. The Kier molecular flexibility index (Phi) is 4.63. The van der Waals surface area contributed by atoms with Gasteiger partial charge in [0, 0.05) is 25.8 Å². The number of oxime groups is 1. The van der Waals surface area contributed by atoms with E-state index in [9.17, 15) is 0 Å². The molecule has 1 aromatic rings. The Labute approximate surface area is 101 Å². The van der Waals surface area contributed by atoms with Gasteiger partial charge in [0.25, 0.3) is 0 Å². The SMILES string of the molecule is CCC(Oc1cccc(N(C)C)c1)C(N)=NO. The van der Waals surface area contributed by atoms with Crippen molar-refractivity contribution in [1.29, 1.82) is 0 Å². The highest BCUT2D eigenvalue weighted by atomic mass is 16.5. The molecule has 0 radical (unpaired) electrons. The lowest BCUT2D eigenvalue weighted by Gasteiger charge is -2.18. The fourth-order valence-electron chi connectivity index (χ4n) is 1.42. The molecule has 0 spiro atoms. The molecule has 0 bridgehead atoms. The van der Waals surface area contributed by atoms with Gasteiger partial charge < -0.3 is 20.6 Å². The normalized spacial score (nSPS) is 13.2. The molecular weight excluding hydrogens is 218 g/mol. The monoisotopic (exact) mass is 237 g/mol. The van der Waals surface area contributed by atoms with Crippen LogP contribution < -0.4 is 15.4 Å². The molecule has 1 rings (SSSR count). The van der Waals surface area contributed by atoms with Crippen LogP contribution in [0.25, 0.3) is 0 Å². The Bertz CT molecular complexity index is 391. The van der Waals surface area contributed by atoms with E-state index in [0.717, 1.165) is 5.69 Å². The molecule has 5 nitrogen and oxygen atoms in total. The number of anilines is 1. The van der Waals surface area contributed by atoms with E-state index in [0.29, 0.717) is 12.2 Å². The second-order valence-corrected chi connectivity index (χ2v) is 3.93. The van der Waals surface area contributed by atoms with Crippen molar-refractivity contribution in [3.63, 3.8) is 0 Å². The maximum absolute atomic E-state index is 8.63. The molecule has 17 heavy (non-hydrogen) atoms. The minimum absolute atomic E-state index is 0.0859. The van der Waals surface area contributed by atoms with Crippen LogP contribution in [0.3, 0.4) is 0 Å². The number of hydrogen-bond donors (Lipinski definition) is 2. The molecule has 0 saturated heterocycles. The highest BCUT2D eigenvalue weighted by molar-refractivity contribution is 5.84. The summed E-state index contributed by atoms with van der Waals surface area (Å²) in [5.74, 6) is 0.789. The number of rotatable bonds is 5. The molecule has 0 saturated carbocycles. The Morgan fingerprint density at radius 1 is 1.53 bits per heavy atom. The number of hydrogen-bond acceptors (Lipinski definition) is 4. The van der Waals surface area contributed by atoms with E-state index in [1.165, 1.54) is 0 Å². The topological polar surface area (TPSA) is 71.1 Å². The highest BCUT2D eigenvalue weighted by Crippen LogP contribution is 2.20. The average molecular weight is 237 g/mol. The summed E-state index contributed by atoms with van der Waals surface area (Å²) in [5, 5.41) is 11.6. The fraction of sp³-hybridized carbons (Fsp3) is 0.417. The van der Waals surface area contributed by atoms with E-state index in [4.69, 9.17) is 15.7 Å². The first-order valence-corrected chi connectivity index (χ1v) is 5.50. The van der Waals surface area contributed by atoms with Gasteiger partial charge in [-0.1, -0.05) is 18.1 Å². The van der Waals surface area contributed by atoms with E-state index in [2.05, 4.69) is 5.16 Å². The molecule has 0 aliphatic carbocycles. The van der Waals surface area contributed by atoms with Crippen molar-refractivity contribution in [1.82, 2.24) is 0 Å². The number of ether oxygens (including phenoxy) is 1. The molecule has 0 aromatic heterocycles. The van der Waals surface area contributed by atoms with Crippen molar-refractivity contribution in [3.8, 4) is 5.75 Å². The maximum atomic E-state index is 8.63. The number of nitrogens with zero attached hydrogens (tertiary/aromatic N) is 2. The number of amidine groups is 1. The first-order chi connectivity index (χ1) is 8.08. The van der Waals surface area contributed by atoms with Crippen LogP contribution in [0.2, 0.25) is 0 Å². The summed E-state index contributed by atoms with van der Waals surface area (Å²) in [4.78, 5) is 1.98. The third kappa shape index (κ3) is 3.55. The molecule has 1 atom stereocenters. The van der Waals surface area contributed by atoms with Crippen molar-refractivity contribution in [2.45, 2.75) is 19.4 Å². The zero-order valence-corrected chi connectivity index (χ0v) is 10.4. The smallest absolute Gasteiger partial charge is 0.180 e. The zero-order chi connectivity index (χ0) is 12.8. The summed E-state index contributed by atoms with van der Waals surface area (Å²) >= 11 is 0. The minimum Gasteiger partial charge on any atom is -0.482 e. The Balaban J connectivity index is 2.83. The standard InChI is InChI=1S/C12H19N3O2/c1-4-11(12(13)14-16)17-10-7-5-6-9(8-10)15(2)3/h5-8,11,16H,4H2,1-3H3,(H2,13,14). The molecule has 3 N–H and O–H groups in total. The van der Waals surface area contributed by atoms with Crippen LogP contribution in [0.5, 0.6) is 5.75 Å². The first-order valence-electron chi connectivity index (χ1n) is 5.50.